The number of likely N-dealkylation sites (tertiary alicyclic amines) is 1. The van der Waals surface area contributed by atoms with Crippen LogP contribution in [-0.4, -0.2) is 46.5 Å². The molecule has 0 spiro atoms. The number of aromatic amines is 1. The Hall–Kier alpha value is -1.88. The van der Waals surface area contributed by atoms with E-state index in [0.717, 1.165) is 24.3 Å². The van der Waals surface area contributed by atoms with Gasteiger partial charge in [-0.1, -0.05) is 0 Å². The summed E-state index contributed by atoms with van der Waals surface area (Å²) in [5, 5.41) is 4.43. The number of nitrogens with zero attached hydrogens (tertiary/aromatic N) is 2. The third-order valence-corrected chi connectivity index (χ3v) is 6.65. The van der Waals surface area contributed by atoms with Crippen molar-refractivity contribution < 1.29 is 4.79 Å². The first kappa shape index (κ1) is 18.5. The van der Waals surface area contributed by atoms with Crippen molar-refractivity contribution in [3.8, 4) is 0 Å². The topological polar surface area (TPSA) is 61.0 Å². The van der Waals surface area contributed by atoms with Crippen molar-refractivity contribution in [1.82, 2.24) is 20.2 Å². The average molecular weight is 369 g/mol. The number of carbonyl (C=O) groups excluding carboxylic acids is 1. The largest absolute Gasteiger partial charge is 0.360 e. The molecule has 1 aliphatic heterocycles. The third kappa shape index (κ3) is 4.52. The summed E-state index contributed by atoms with van der Waals surface area (Å²) < 4.78 is 0. The number of carbonyl (C=O) groups is 1. The maximum Gasteiger partial charge on any atom is 0.217 e. The Morgan fingerprint density at radius 3 is 2.74 bits per heavy atom. The standard InChI is InChI=1S/C22H32N4O/c1-16(27)25-19-4-2-17(3-5-19)7-11-26-12-8-18(9-13-26)21-14-24-22-15-23-10-6-20(21)22/h6,10,14-15,17-19,24H,2-5,7-9,11-13H2,1H3,(H,25,27)/t17-,19-. The summed E-state index contributed by atoms with van der Waals surface area (Å²) in [4.78, 5) is 21.4. The first-order valence-corrected chi connectivity index (χ1v) is 10.6. The summed E-state index contributed by atoms with van der Waals surface area (Å²) in [6.45, 7) is 5.29. The van der Waals surface area contributed by atoms with Crippen LogP contribution in [0.4, 0.5) is 0 Å². The number of amides is 1. The molecule has 1 amide bonds. The van der Waals surface area contributed by atoms with E-state index in [1.165, 1.54) is 62.7 Å². The van der Waals surface area contributed by atoms with Gasteiger partial charge in [-0.05, 0) is 88.0 Å². The normalized spacial score (nSPS) is 24.9. The van der Waals surface area contributed by atoms with Crippen LogP contribution in [0.15, 0.2) is 24.7 Å². The van der Waals surface area contributed by atoms with E-state index in [4.69, 9.17) is 0 Å². The van der Waals surface area contributed by atoms with E-state index in [1.54, 1.807) is 6.92 Å². The predicted molar refractivity (Wildman–Crippen MR) is 109 cm³/mol. The van der Waals surface area contributed by atoms with Crippen molar-refractivity contribution in [2.75, 3.05) is 19.6 Å². The van der Waals surface area contributed by atoms with Crippen molar-refractivity contribution in [3.63, 3.8) is 0 Å². The molecule has 27 heavy (non-hydrogen) atoms. The lowest BCUT2D eigenvalue weighted by molar-refractivity contribution is -0.119. The van der Waals surface area contributed by atoms with E-state index in [9.17, 15) is 4.79 Å². The van der Waals surface area contributed by atoms with Gasteiger partial charge in [0.05, 0.1) is 11.7 Å². The van der Waals surface area contributed by atoms with Crippen LogP contribution in [0.5, 0.6) is 0 Å². The van der Waals surface area contributed by atoms with Gasteiger partial charge in [-0.2, -0.15) is 0 Å². The second-order valence-electron chi connectivity index (χ2n) is 8.49. The fourth-order valence-corrected chi connectivity index (χ4v) is 5.05. The van der Waals surface area contributed by atoms with Crippen LogP contribution in [-0.2, 0) is 4.79 Å². The number of hydrogen-bond acceptors (Lipinski definition) is 3. The molecule has 2 fully saturated rings. The van der Waals surface area contributed by atoms with Crippen LogP contribution in [0.3, 0.4) is 0 Å². The molecule has 0 unspecified atom stereocenters. The molecule has 5 heteroatoms. The van der Waals surface area contributed by atoms with Gasteiger partial charge in [-0.25, -0.2) is 0 Å². The molecule has 2 aromatic heterocycles. The number of hydrogen-bond donors (Lipinski definition) is 2. The average Bonchev–Trinajstić information content (AvgIpc) is 3.12. The van der Waals surface area contributed by atoms with E-state index in [-0.39, 0.29) is 5.91 Å². The Balaban J connectivity index is 1.21. The smallest absolute Gasteiger partial charge is 0.217 e. The van der Waals surface area contributed by atoms with Crippen molar-refractivity contribution in [2.45, 2.75) is 63.8 Å². The van der Waals surface area contributed by atoms with Crippen LogP contribution in [0.1, 0.15) is 63.4 Å². The molecule has 2 N–H and O–H groups in total. The highest BCUT2D eigenvalue weighted by molar-refractivity contribution is 5.82. The Bertz CT molecular complexity index is 755. The number of aromatic nitrogens is 2. The minimum Gasteiger partial charge on any atom is -0.360 e. The first-order chi connectivity index (χ1) is 13.2. The molecular weight excluding hydrogens is 336 g/mol. The second kappa shape index (κ2) is 8.42. The molecule has 146 valence electrons. The van der Waals surface area contributed by atoms with Crippen LogP contribution in [0, 0.1) is 5.92 Å². The lowest BCUT2D eigenvalue weighted by Gasteiger charge is -2.34. The summed E-state index contributed by atoms with van der Waals surface area (Å²) in [5.74, 6) is 1.63. The molecular formula is C22H32N4O. The summed E-state index contributed by atoms with van der Waals surface area (Å²) in [6.07, 6.45) is 14.7. The highest BCUT2D eigenvalue weighted by Gasteiger charge is 2.25. The van der Waals surface area contributed by atoms with Crippen molar-refractivity contribution in [1.29, 1.82) is 0 Å². The lowest BCUT2D eigenvalue weighted by atomic mass is 9.83. The highest BCUT2D eigenvalue weighted by atomic mass is 16.1. The zero-order valence-electron chi connectivity index (χ0n) is 16.4. The van der Waals surface area contributed by atoms with Crippen molar-refractivity contribution >= 4 is 16.8 Å². The SMILES string of the molecule is CC(=O)N[C@H]1CC[C@H](CCN2CCC(c3c[nH]c4cnccc34)CC2)CC1. The van der Waals surface area contributed by atoms with Gasteiger partial charge < -0.3 is 15.2 Å². The number of nitrogens with one attached hydrogen (secondary N) is 2. The molecule has 1 saturated carbocycles. The zero-order chi connectivity index (χ0) is 18.6. The fraction of sp³-hybridized carbons (Fsp3) is 0.636. The van der Waals surface area contributed by atoms with Gasteiger partial charge in [0, 0.05) is 30.7 Å². The lowest BCUT2D eigenvalue weighted by Crippen LogP contribution is -2.37. The maximum absolute atomic E-state index is 11.2. The zero-order valence-corrected chi connectivity index (χ0v) is 16.4. The summed E-state index contributed by atoms with van der Waals surface area (Å²) in [7, 11) is 0. The molecule has 0 aromatic carbocycles. The van der Waals surface area contributed by atoms with Gasteiger partial charge in [-0.3, -0.25) is 9.78 Å². The van der Waals surface area contributed by atoms with Gasteiger partial charge >= 0.3 is 0 Å². The van der Waals surface area contributed by atoms with E-state index in [2.05, 4.69) is 32.4 Å². The number of piperidine rings is 1. The minimum absolute atomic E-state index is 0.118. The molecule has 1 saturated heterocycles. The van der Waals surface area contributed by atoms with Gasteiger partial charge in [0.2, 0.25) is 5.91 Å². The quantitative estimate of drug-likeness (QED) is 0.843. The van der Waals surface area contributed by atoms with Crippen LogP contribution in [0.25, 0.3) is 10.9 Å². The second-order valence-corrected chi connectivity index (χ2v) is 8.49. The molecule has 4 rings (SSSR count). The molecule has 0 bridgehead atoms. The summed E-state index contributed by atoms with van der Waals surface area (Å²) in [5.41, 5.74) is 2.63. The van der Waals surface area contributed by atoms with Gasteiger partial charge in [-0.15, -0.1) is 0 Å². The highest BCUT2D eigenvalue weighted by Crippen LogP contribution is 2.33. The number of pyridine rings is 1. The van der Waals surface area contributed by atoms with Gasteiger partial charge in [0.15, 0.2) is 0 Å². The van der Waals surface area contributed by atoms with E-state index in [1.807, 2.05) is 12.4 Å². The van der Waals surface area contributed by atoms with Crippen LogP contribution >= 0.6 is 0 Å². The number of rotatable bonds is 5. The van der Waals surface area contributed by atoms with Crippen molar-refractivity contribution in [3.05, 3.63) is 30.2 Å². The minimum atomic E-state index is 0.118. The monoisotopic (exact) mass is 368 g/mol. The first-order valence-electron chi connectivity index (χ1n) is 10.6. The Morgan fingerprint density at radius 1 is 1.22 bits per heavy atom. The van der Waals surface area contributed by atoms with E-state index < -0.39 is 0 Å². The van der Waals surface area contributed by atoms with Gasteiger partial charge in [0.25, 0.3) is 0 Å². The summed E-state index contributed by atoms with van der Waals surface area (Å²) >= 11 is 0. The maximum atomic E-state index is 11.2. The number of H-pyrrole nitrogens is 1. The van der Waals surface area contributed by atoms with E-state index in [0.29, 0.717) is 12.0 Å². The van der Waals surface area contributed by atoms with Crippen LogP contribution < -0.4 is 5.32 Å². The Kier molecular flexibility index (Phi) is 5.77. The summed E-state index contributed by atoms with van der Waals surface area (Å²) in [6, 6.07) is 2.56. The Labute approximate surface area is 161 Å². The fourth-order valence-electron chi connectivity index (χ4n) is 5.05. The molecule has 2 aliphatic rings. The molecule has 0 radical (unpaired) electrons. The molecule has 5 nitrogen and oxygen atoms in total. The Morgan fingerprint density at radius 2 is 2.00 bits per heavy atom. The van der Waals surface area contributed by atoms with Gasteiger partial charge in [0.1, 0.15) is 0 Å². The number of fused-ring (bicyclic) bond motifs is 1. The molecule has 1 aliphatic carbocycles. The third-order valence-electron chi connectivity index (χ3n) is 6.65. The van der Waals surface area contributed by atoms with Crippen LogP contribution in [0.2, 0.25) is 0 Å². The predicted octanol–water partition coefficient (Wildman–Crippen LogP) is 3.83. The van der Waals surface area contributed by atoms with Crippen molar-refractivity contribution in [2.24, 2.45) is 5.92 Å². The van der Waals surface area contributed by atoms with E-state index >= 15 is 0 Å². The molecule has 3 heterocycles. The molecule has 0 atom stereocenters. The molecule has 2 aromatic rings.